The van der Waals surface area contributed by atoms with Crippen LogP contribution in [-0.4, -0.2) is 40.4 Å². The second-order valence-corrected chi connectivity index (χ2v) is 6.93. The van der Waals surface area contributed by atoms with Gasteiger partial charge in [0, 0.05) is 16.7 Å². The maximum Gasteiger partial charge on any atom is 0.414 e. The Balaban J connectivity index is 2.10. The summed E-state index contributed by atoms with van der Waals surface area (Å²) in [5, 5.41) is 16.7. The Morgan fingerprint density at radius 3 is 2.21 bits per heavy atom. The van der Waals surface area contributed by atoms with E-state index in [1.807, 2.05) is 0 Å². The molecule has 4 N–H and O–H groups in total. The van der Waals surface area contributed by atoms with Gasteiger partial charge in [-0.2, -0.15) is 0 Å². The molecule has 0 atom stereocenters. The lowest BCUT2D eigenvalue weighted by Gasteiger charge is -2.17. The zero-order valence-electron chi connectivity index (χ0n) is 18.2. The number of benzene rings is 2. The molecular weight excluding hydrogens is 422 g/mol. The van der Waals surface area contributed by atoms with E-state index in [9.17, 15) is 19.5 Å². The van der Waals surface area contributed by atoms with Crippen LogP contribution in [0.1, 0.15) is 35.3 Å². The van der Waals surface area contributed by atoms with E-state index in [-0.39, 0.29) is 23.5 Å². The molecule has 8 heteroatoms. The normalized spacial score (nSPS) is 10.4. The van der Waals surface area contributed by atoms with E-state index in [2.05, 4.69) is 18.4 Å². The molecule has 0 aromatic heterocycles. The summed E-state index contributed by atoms with van der Waals surface area (Å²) >= 11 is 0. The number of esters is 1. The lowest BCUT2D eigenvalue weighted by atomic mass is 10.1. The topological polar surface area (TPSA) is 134 Å². The predicted molar refractivity (Wildman–Crippen MR) is 125 cm³/mol. The molecule has 0 spiro atoms. The Kier molecular flexibility index (Phi) is 8.29. The third-order valence-corrected chi connectivity index (χ3v) is 4.37. The Morgan fingerprint density at radius 1 is 1.12 bits per heavy atom. The van der Waals surface area contributed by atoms with Crippen molar-refractivity contribution in [2.24, 2.45) is 5.73 Å². The van der Waals surface area contributed by atoms with Crippen molar-refractivity contribution in [3.05, 3.63) is 82.9 Å². The van der Waals surface area contributed by atoms with Gasteiger partial charge in [-0.1, -0.05) is 24.6 Å². The minimum absolute atomic E-state index is 0.0867. The first-order valence-electron chi connectivity index (χ1n) is 9.72. The number of hydrogen-bond acceptors (Lipinski definition) is 5. The number of rotatable bonds is 7. The summed E-state index contributed by atoms with van der Waals surface area (Å²) in [6.45, 7) is 6.52. The van der Waals surface area contributed by atoms with Crippen molar-refractivity contribution < 1.29 is 24.2 Å². The number of nitrogens with two attached hydrogens (primary N) is 1. The second kappa shape index (κ2) is 11.1. The largest absolute Gasteiger partial charge is 0.465 e. The number of carbonyl (C=O) groups is 3. The van der Waals surface area contributed by atoms with Gasteiger partial charge in [0.1, 0.15) is 11.6 Å². The van der Waals surface area contributed by atoms with Crippen LogP contribution in [0.4, 0.5) is 4.79 Å². The number of carbonyl (C=O) groups excluding carboxylic acids is 2. The monoisotopic (exact) mass is 445 g/mol. The van der Waals surface area contributed by atoms with Gasteiger partial charge in [-0.05, 0) is 61.9 Å². The van der Waals surface area contributed by atoms with Gasteiger partial charge in [-0.15, -0.1) is 5.92 Å². The van der Waals surface area contributed by atoms with Gasteiger partial charge in [-0.25, -0.2) is 14.5 Å². The van der Waals surface area contributed by atoms with Crippen molar-refractivity contribution in [2.45, 2.75) is 13.8 Å². The fourth-order valence-corrected chi connectivity index (χ4v) is 2.74. The van der Waals surface area contributed by atoms with Crippen molar-refractivity contribution >= 4 is 29.9 Å². The molecule has 2 rings (SSSR count). The lowest BCUT2D eigenvalue weighted by Crippen LogP contribution is -2.37. The maximum absolute atomic E-state index is 12.6. The lowest BCUT2D eigenvalue weighted by molar-refractivity contribution is -0.124. The molecule has 0 aliphatic heterocycles. The summed E-state index contributed by atoms with van der Waals surface area (Å²) in [7, 11) is 0. The summed E-state index contributed by atoms with van der Waals surface area (Å²) in [6, 6.07) is 12.5. The molecule has 0 heterocycles. The highest BCUT2D eigenvalue weighted by Crippen LogP contribution is 2.16. The van der Waals surface area contributed by atoms with Gasteiger partial charge in [0.15, 0.2) is 0 Å². The first-order valence-corrected chi connectivity index (χ1v) is 9.72. The zero-order valence-corrected chi connectivity index (χ0v) is 18.2. The highest BCUT2D eigenvalue weighted by molar-refractivity contribution is 6.04. The molecule has 2 amide bonds. The molecule has 33 heavy (non-hydrogen) atoms. The van der Waals surface area contributed by atoms with Crippen LogP contribution in [0.15, 0.2) is 66.3 Å². The molecule has 0 saturated heterocycles. The number of amidine groups is 1. The van der Waals surface area contributed by atoms with Gasteiger partial charge in [0.05, 0.1) is 12.1 Å². The summed E-state index contributed by atoms with van der Waals surface area (Å²) in [6.07, 6.45) is 0.114. The first kappa shape index (κ1) is 24.6. The SMILES string of the molecule is C=C(C#CC)CN(C(=O)O)C(=O)/C(C)=C/c1ccc(C(=O)Oc2ccc(C(=N)N)cc2)cc1. The van der Waals surface area contributed by atoms with Crippen molar-refractivity contribution in [1.29, 1.82) is 5.41 Å². The summed E-state index contributed by atoms with van der Waals surface area (Å²) in [4.78, 5) is 37.0. The van der Waals surface area contributed by atoms with E-state index in [1.54, 1.807) is 31.2 Å². The Morgan fingerprint density at radius 2 is 1.70 bits per heavy atom. The van der Waals surface area contributed by atoms with Crippen LogP contribution in [0.5, 0.6) is 5.75 Å². The van der Waals surface area contributed by atoms with E-state index in [4.69, 9.17) is 15.9 Å². The van der Waals surface area contributed by atoms with Crippen molar-refractivity contribution in [3.63, 3.8) is 0 Å². The average molecular weight is 445 g/mol. The number of imide groups is 1. The average Bonchev–Trinajstić information content (AvgIpc) is 2.77. The van der Waals surface area contributed by atoms with Gasteiger partial charge in [0.2, 0.25) is 0 Å². The van der Waals surface area contributed by atoms with Gasteiger partial charge in [0.25, 0.3) is 5.91 Å². The molecule has 0 fully saturated rings. The number of nitrogens with zero attached hydrogens (tertiary/aromatic N) is 1. The fraction of sp³-hybridized carbons (Fsp3) is 0.120. The van der Waals surface area contributed by atoms with E-state index in [0.29, 0.717) is 27.3 Å². The van der Waals surface area contributed by atoms with Crippen LogP contribution in [0.3, 0.4) is 0 Å². The minimum Gasteiger partial charge on any atom is -0.465 e. The minimum atomic E-state index is -1.40. The van der Waals surface area contributed by atoms with E-state index >= 15 is 0 Å². The zero-order chi connectivity index (χ0) is 24.5. The molecular formula is C25H23N3O5. The highest BCUT2D eigenvalue weighted by Gasteiger charge is 2.22. The molecule has 8 nitrogen and oxygen atoms in total. The Hall–Kier alpha value is -4.64. The predicted octanol–water partition coefficient (Wildman–Crippen LogP) is 3.68. The molecule has 168 valence electrons. The third-order valence-electron chi connectivity index (χ3n) is 4.37. The number of ether oxygens (including phenoxy) is 1. The number of nitrogen functional groups attached to an aromatic ring is 1. The fourth-order valence-electron chi connectivity index (χ4n) is 2.74. The number of hydrogen-bond donors (Lipinski definition) is 3. The maximum atomic E-state index is 12.6. The quantitative estimate of drug-likeness (QED) is 0.149. The molecule has 0 unspecified atom stereocenters. The Labute approximate surface area is 191 Å². The van der Waals surface area contributed by atoms with Crippen LogP contribution in [-0.2, 0) is 4.79 Å². The van der Waals surface area contributed by atoms with Crippen molar-refractivity contribution in [3.8, 4) is 17.6 Å². The van der Waals surface area contributed by atoms with Crippen LogP contribution in [0, 0.1) is 17.3 Å². The standard InChI is InChI=1S/C25H23N3O5/c1-4-5-16(2)15-28(25(31)32)23(29)17(3)14-18-6-8-20(9-7-18)24(30)33-21-12-10-19(11-13-21)22(26)27/h6-14H,2,15H2,1,3H3,(H3,26,27)(H,31,32)/b17-14+. The van der Waals surface area contributed by atoms with Gasteiger partial charge >= 0.3 is 12.1 Å². The van der Waals surface area contributed by atoms with Crippen LogP contribution >= 0.6 is 0 Å². The van der Waals surface area contributed by atoms with Crippen molar-refractivity contribution in [1.82, 2.24) is 4.90 Å². The summed E-state index contributed by atoms with van der Waals surface area (Å²) in [5.41, 5.74) is 7.29. The van der Waals surface area contributed by atoms with E-state index < -0.39 is 18.0 Å². The number of nitrogens with one attached hydrogen (secondary N) is 1. The molecule has 0 aliphatic rings. The Bertz CT molecular complexity index is 1180. The molecule has 0 aliphatic carbocycles. The summed E-state index contributed by atoms with van der Waals surface area (Å²) < 4.78 is 5.30. The second-order valence-electron chi connectivity index (χ2n) is 6.93. The van der Waals surface area contributed by atoms with Gasteiger partial charge in [-0.3, -0.25) is 10.2 Å². The molecule has 2 aromatic rings. The number of amides is 2. The van der Waals surface area contributed by atoms with Crippen LogP contribution < -0.4 is 10.5 Å². The molecule has 0 saturated carbocycles. The molecule has 0 radical (unpaired) electrons. The summed E-state index contributed by atoms with van der Waals surface area (Å²) in [5.74, 6) is 4.19. The smallest absolute Gasteiger partial charge is 0.414 e. The number of carboxylic acid groups (broad SMARTS) is 1. The van der Waals surface area contributed by atoms with Crippen LogP contribution in [0.25, 0.3) is 6.08 Å². The molecule has 2 aromatic carbocycles. The third kappa shape index (κ3) is 6.94. The first-order chi connectivity index (χ1) is 15.6. The van der Waals surface area contributed by atoms with Crippen LogP contribution in [0.2, 0.25) is 0 Å². The molecule has 0 bridgehead atoms. The van der Waals surface area contributed by atoms with E-state index in [0.717, 1.165) is 0 Å². The van der Waals surface area contributed by atoms with E-state index in [1.165, 1.54) is 37.3 Å². The highest BCUT2D eigenvalue weighted by atomic mass is 16.5. The van der Waals surface area contributed by atoms with Gasteiger partial charge < -0.3 is 15.6 Å². The van der Waals surface area contributed by atoms with Crippen molar-refractivity contribution in [2.75, 3.05) is 6.54 Å².